The number of esters is 1. The number of ether oxygens (including phenoxy) is 1. The number of aliphatic carboxylic acids is 1. The summed E-state index contributed by atoms with van der Waals surface area (Å²) in [6, 6.07) is 16.6. The zero-order valence-electron chi connectivity index (χ0n) is 36.1. The lowest BCUT2D eigenvalue weighted by Crippen LogP contribution is -2.58. The van der Waals surface area contributed by atoms with Crippen LogP contribution in [0.4, 0.5) is 0 Å². The number of carbonyl (C=O) groups is 5. The van der Waals surface area contributed by atoms with Crippen LogP contribution < -0.4 is 10.6 Å². The Bertz CT molecular complexity index is 1830. The minimum atomic E-state index is -0.848. The Balaban J connectivity index is 1.51. The summed E-state index contributed by atoms with van der Waals surface area (Å²) >= 11 is 1.22. The molecule has 322 valence electrons. The van der Waals surface area contributed by atoms with Gasteiger partial charge in [0.25, 0.3) is 5.91 Å². The van der Waals surface area contributed by atoms with Crippen molar-refractivity contribution in [3.63, 3.8) is 0 Å². The van der Waals surface area contributed by atoms with E-state index in [4.69, 9.17) is 4.74 Å². The van der Waals surface area contributed by atoms with E-state index in [1.54, 1.807) is 24.3 Å². The van der Waals surface area contributed by atoms with Gasteiger partial charge in [-0.2, -0.15) is 0 Å². The van der Waals surface area contributed by atoms with Gasteiger partial charge in [0.2, 0.25) is 11.8 Å². The first kappa shape index (κ1) is 47.1. The second-order valence-corrected chi connectivity index (χ2v) is 17.5. The number of amides is 3. The van der Waals surface area contributed by atoms with E-state index in [0.717, 1.165) is 42.5 Å². The van der Waals surface area contributed by atoms with E-state index in [-0.39, 0.29) is 59.8 Å². The molecule has 1 saturated heterocycles. The van der Waals surface area contributed by atoms with Crippen molar-refractivity contribution in [2.45, 2.75) is 130 Å². The standard InChI is InChI=1S/C46H65N5O7S/c1-9-30(4)41(49-43(54)38-20-13-14-25-50(38)7)45(55)51(8)39(29(2)3)27-40(58-32(6)52)44-48-37(28-59-44)42(53)47-36(19-15-16-31(5)46(56)57)26-33-21-23-35(24-22-33)34-17-11-10-12-18-34/h10-12,17-18,21-24,28-31,36,38-41H,9,13-16,19-20,25-27H2,1-8H3,(H,47,53)(H,49,54)(H,56,57)/t30?,31-,36+,38+,39+,40+,41-/m0/s1. The van der Waals surface area contributed by atoms with Gasteiger partial charge in [0, 0.05) is 37.9 Å². The van der Waals surface area contributed by atoms with Crippen LogP contribution in [0.3, 0.4) is 0 Å². The molecule has 2 heterocycles. The van der Waals surface area contributed by atoms with Gasteiger partial charge >= 0.3 is 11.9 Å². The van der Waals surface area contributed by atoms with Gasteiger partial charge in [-0.15, -0.1) is 11.3 Å². The average molecular weight is 832 g/mol. The van der Waals surface area contributed by atoms with E-state index in [1.807, 2.05) is 65.1 Å². The van der Waals surface area contributed by atoms with E-state index in [1.165, 1.54) is 18.3 Å². The van der Waals surface area contributed by atoms with Crippen LogP contribution in [0.15, 0.2) is 60.0 Å². The number of hydrogen-bond donors (Lipinski definition) is 3. The predicted molar refractivity (Wildman–Crippen MR) is 232 cm³/mol. The molecule has 1 unspecified atom stereocenters. The molecule has 2 aromatic carbocycles. The number of carboxylic acid groups (broad SMARTS) is 1. The fourth-order valence-electron chi connectivity index (χ4n) is 7.78. The smallest absolute Gasteiger partial charge is 0.306 e. The van der Waals surface area contributed by atoms with E-state index in [0.29, 0.717) is 37.1 Å². The topological polar surface area (TPSA) is 158 Å². The molecule has 0 aliphatic carbocycles. The van der Waals surface area contributed by atoms with Gasteiger partial charge in [0.15, 0.2) is 6.10 Å². The zero-order valence-corrected chi connectivity index (χ0v) is 36.9. The molecule has 59 heavy (non-hydrogen) atoms. The lowest BCUT2D eigenvalue weighted by atomic mass is 9.92. The van der Waals surface area contributed by atoms with Crippen LogP contribution >= 0.6 is 11.3 Å². The highest BCUT2D eigenvalue weighted by Gasteiger charge is 2.37. The molecule has 12 nitrogen and oxygen atoms in total. The van der Waals surface area contributed by atoms with Gasteiger partial charge in [-0.3, -0.25) is 28.9 Å². The number of nitrogens with zero attached hydrogens (tertiary/aromatic N) is 3. The first-order valence-electron chi connectivity index (χ1n) is 21.2. The number of likely N-dealkylation sites (tertiary alicyclic amines) is 1. The highest BCUT2D eigenvalue weighted by molar-refractivity contribution is 7.09. The first-order chi connectivity index (χ1) is 28.1. The molecular weight excluding hydrogens is 767 g/mol. The number of benzene rings is 2. The van der Waals surface area contributed by atoms with E-state index < -0.39 is 30.0 Å². The molecule has 1 aliphatic rings. The van der Waals surface area contributed by atoms with Crippen molar-refractivity contribution in [2.75, 3.05) is 20.6 Å². The molecule has 0 bridgehead atoms. The summed E-state index contributed by atoms with van der Waals surface area (Å²) < 4.78 is 5.84. The monoisotopic (exact) mass is 831 g/mol. The number of nitrogens with one attached hydrogen (secondary N) is 2. The van der Waals surface area contributed by atoms with E-state index in [2.05, 4.69) is 44.8 Å². The SMILES string of the molecule is CCC(C)[C@H](NC(=O)[C@H]1CCCCN1C)C(=O)N(C)[C@H](C[C@@H](OC(C)=O)c1nc(C(=O)N[C@H](CCC[C@H](C)C(=O)O)Cc2ccc(-c3ccccc3)cc2)cs1)C(C)C. The van der Waals surface area contributed by atoms with E-state index in [9.17, 15) is 29.1 Å². The molecule has 0 radical (unpaired) electrons. The molecule has 1 aliphatic heterocycles. The summed E-state index contributed by atoms with van der Waals surface area (Å²) in [5.41, 5.74) is 3.41. The van der Waals surface area contributed by atoms with Gasteiger partial charge in [-0.1, -0.05) is 108 Å². The Morgan fingerprint density at radius 3 is 2.25 bits per heavy atom. The molecule has 0 saturated carbocycles. The summed E-state index contributed by atoms with van der Waals surface area (Å²) in [6.45, 7) is 11.8. The van der Waals surface area contributed by atoms with Gasteiger partial charge < -0.3 is 25.4 Å². The number of rotatable bonds is 21. The molecular formula is C46H65N5O7S. The Labute approximate surface area is 354 Å². The molecule has 13 heteroatoms. The number of hydrogen-bond acceptors (Lipinski definition) is 9. The van der Waals surface area contributed by atoms with Gasteiger partial charge in [-0.25, -0.2) is 4.98 Å². The maximum Gasteiger partial charge on any atom is 0.306 e. The molecule has 7 atom stereocenters. The Morgan fingerprint density at radius 1 is 0.966 bits per heavy atom. The van der Waals surface area contributed by atoms with Crippen molar-refractivity contribution < 1.29 is 33.8 Å². The summed E-state index contributed by atoms with van der Waals surface area (Å²) in [4.78, 5) is 74.0. The third kappa shape index (κ3) is 13.7. The molecule has 3 aromatic rings. The Hall–Kier alpha value is -4.62. The number of aromatic nitrogens is 1. The van der Waals surface area contributed by atoms with E-state index >= 15 is 0 Å². The minimum absolute atomic E-state index is 0.0473. The van der Waals surface area contributed by atoms with Crippen molar-refractivity contribution in [3.05, 3.63) is 76.2 Å². The van der Waals surface area contributed by atoms with Gasteiger partial charge in [0.05, 0.1) is 12.0 Å². The lowest BCUT2D eigenvalue weighted by molar-refractivity contribution is -0.149. The molecule has 3 N–H and O–H groups in total. The number of thiazole rings is 1. The van der Waals surface area contributed by atoms with Crippen LogP contribution in [0.25, 0.3) is 11.1 Å². The maximum absolute atomic E-state index is 14.3. The first-order valence-corrected chi connectivity index (χ1v) is 22.0. The maximum atomic E-state index is 14.3. The normalized spacial score (nSPS) is 17.5. The highest BCUT2D eigenvalue weighted by Crippen LogP contribution is 2.31. The van der Waals surface area contributed by atoms with Crippen LogP contribution in [0.5, 0.6) is 0 Å². The Kier molecular flexibility index (Phi) is 18.1. The van der Waals surface area contributed by atoms with Gasteiger partial charge in [0.1, 0.15) is 16.7 Å². The van der Waals surface area contributed by atoms with Crippen LogP contribution in [-0.2, 0) is 30.3 Å². The summed E-state index contributed by atoms with van der Waals surface area (Å²) in [7, 11) is 3.68. The van der Waals surface area contributed by atoms with Crippen LogP contribution in [0, 0.1) is 17.8 Å². The predicted octanol–water partition coefficient (Wildman–Crippen LogP) is 7.53. The molecule has 4 rings (SSSR count). The quantitative estimate of drug-likeness (QED) is 0.0923. The minimum Gasteiger partial charge on any atom is -0.481 e. The van der Waals surface area contributed by atoms with Crippen molar-refractivity contribution in [3.8, 4) is 11.1 Å². The molecule has 3 amide bonds. The molecule has 1 fully saturated rings. The second-order valence-electron chi connectivity index (χ2n) is 16.6. The zero-order chi connectivity index (χ0) is 43.2. The fourth-order valence-corrected chi connectivity index (χ4v) is 8.62. The number of carbonyl (C=O) groups excluding carboxylic acids is 4. The summed E-state index contributed by atoms with van der Waals surface area (Å²) in [5.74, 6) is -2.74. The number of likely N-dealkylation sites (N-methyl/N-ethyl adjacent to an activating group) is 2. The van der Waals surface area contributed by atoms with Crippen LogP contribution in [-0.4, -0.2) is 94.4 Å². The highest BCUT2D eigenvalue weighted by atomic mass is 32.1. The second kappa shape index (κ2) is 22.7. The van der Waals surface area contributed by atoms with Crippen molar-refractivity contribution in [1.82, 2.24) is 25.4 Å². The van der Waals surface area contributed by atoms with Crippen LogP contribution in [0.1, 0.15) is 120 Å². The van der Waals surface area contributed by atoms with Crippen molar-refractivity contribution in [1.29, 1.82) is 0 Å². The Morgan fingerprint density at radius 2 is 1.64 bits per heavy atom. The fraction of sp³-hybridized carbons (Fsp3) is 0.565. The number of piperidine rings is 1. The van der Waals surface area contributed by atoms with Gasteiger partial charge in [-0.05, 0) is 74.2 Å². The lowest BCUT2D eigenvalue weighted by Gasteiger charge is -2.38. The molecule has 1 aromatic heterocycles. The summed E-state index contributed by atoms with van der Waals surface area (Å²) in [5, 5.41) is 17.8. The van der Waals surface area contributed by atoms with Crippen LogP contribution in [0.2, 0.25) is 0 Å². The largest absolute Gasteiger partial charge is 0.481 e. The summed E-state index contributed by atoms with van der Waals surface area (Å²) in [6.07, 6.45) is 5.08. The third-order valence-electron chi connectivity index (χ3n) is 11.7. The third-order valence-corrected chi connectivity index (χ3v) is 12.7. The average Bonchev–Trinajstić information content (AvgIpc) is 3.72. The van der Waals surface area contributed by atoms with Crippen molar-refractivity contribution >= 4 is 41.0 Å². The number of carboxylic acids is 1. The van der Waals surface area contributed by atoms with Crippen molar-refractivity contribution in [2.24, 2.45) is 17.8 Å². The molecule has 0 spiro atoms.